The largest absolute Gasteiger partial charge is 0.490 e. The van der Waals surface area contributed by atoms with Crippen molar-refractivity contribution in [2.75, 3.05) is 12.0 Å². The number of nitrogens with one attached hydrogen (secondary N) is 1. The zero-order chi connectivity index (χ0) is 26.4. The van der Waals surface area contributed by atoms with Crippen LogP contribution < -0.4 is 14.9 Å². The van der Waals surface area contributed by atoms with Gasteiger partial charge in [-0.2, -0.15) is 5.10 Å². The molecule has 37 heavy (non-hydrogen) atoms. The van der Waals surface area contributed by atoms with Gasteiger partial charge in [-0.1, -0.05) is 36.4 Å². The molecule has 0 radical (unpaired) electrons. The van der Waals surface area contributed by atoms with Crippen LogP contribution in [0.1, 0.15) is 22.8 Å². The Morgan fingerprint density at radius 3 is 2.49 bits per heavy atom. The summed E-state index contributed by atoms with van der Waals surface area (Å²) in [6, 6.07) is 20.8. The molecule has 0 aliphatic heterocycles. The minimum Gasteiger partial charge on any atom is -0.490 e. The van der Waals surface area contributed by atoms with Gasteiger partial charge in [0.25, 0.3) is 5.69 Å². The summed E-state index contributed by atoms with van der Waals surface area (Å²) in [6.45, 7) is 2.10. The number of nitro groups is 2. The fourth-order valence-electron chi connectivity index (χ4n) is 3.57. The number of non-ortho nitro benzene ring substituents is 1. The highest BCUT2D eigenvalue weighted by Crippen LogP contribution is 2.31. The molecule has 0 bridgehead atoms. The molecule has 0 aromatic heterocycles. The Hall–Kier alpha value is -5.32. The molecule has 4 aromatic carbocycles. The van der Waals surface area contributed by atoms with Gasteiger partial charge in [0.1, 0.15) is 5.69 Å². The lowest BCUT2D eigenvalue weighted by molar-refractivity contribution is -0.393. The van der Waals surface area contributed by atoms with Crippen molar-refractivity contribution in [1.29, 1.82) is 0 Å². The van der Waals surface area contributed by atoms with Crippen molar-refractivity contribution in [2.45, 2.75) is 6.92 Å². The van der Waals surface area contributed by atoms with Crippen molar-refractivity contribution >= 4 is 40.0 Å². The fourth-order valence-corrected chi connectivity index (χ4v) is 3.57. The maximum absolute atomic E-state index is 12.9. The van der Waals surface area contributed by atoms with Gasteiger partial charge >= 0.3 is 11.7 Å². The molecule has 0 aliphatic carbocycles. The summed E-state index contributed by atoms with van der Waals surface area (Å²) in [5.41, 5.74) is 2.58. The molecule has 4 rings (SSSR count). The monoisotopic (exact) mass is 500 g/mol. The number of hydrogen-bond acceptors (Lipinski definition) is 9. The summed E-state index contributed by atoms with van der Waals surface area (Å²) in [6.07, 6.45) is 1.38. The topological polar surface area (TPSA) is 146 Å². The van der Waals surface area contributed by atoms with Crippen molar-refractivity contribution < 1.29 is 24.1 Å². The number of anilines is 1. The van der Waals surface area contributed by atoms with Gasteiger partial charge in [0.15, 0.2) is 11.5 Å². The molecule has 0 fully saturated rings. The molecular formula is C26H20N4O7. The molecule has 4 aromatic rings. The van der Waals surface area contributed by atoms with Gasteiger partial charge in [-0.25, -0.2) is 4.79 Å². The number of esters is 1. The number of nitrogens with zero attached hydrogens (tertiary/aromatic N) is 3. The summed E-state index contributed by atoms with van der Waals surface area (Å²) < 4.78 is 11.3. The van der Waals surface area contributed by atoms with Gasteiger partial charge in [-0.15, -0.1) is 0 Å². The Morgan fingerprint density at radius 1 is 0.946 bits per heavy atom. The van der Waals surface area contributed by atoms with Crippen molar-refractivity contribution in [2.24, 2.45) is 5.10 Å². The van der Waals surface area contributed by atoms with E-state index >= 15 is 0 Å². The summed E-state index contributed by atoms with van der Waals surface area (Å²) in [7, 11) is 0. The lowest BCUT2D eigenvalue weighted by Crippen LogP contribution is -2.10. The van der Waals surface area contributed by atoms with E-state index in [1.54, 1.807) is 37.3 Å². The normalized spacial score (nSPS) is 10.8. The van der Waals surface area contributed by atoms with Gasteiger partial charge in [-0.05, 0) is 53.6 Å². The van der Waals surface area contributed by atoms with E-state index in [0.717, 1.165) is 22.9 Å². The van der Waals surface area contributed by atoms with Crippen LogP contribution in [-0.4, -0.2) is 28.6 Å². The Bertz CT molecular complexity index is 1530. The van der Waals surface area contributed by atoms with E-state index in [1.165, 1.54) is 12.3 Å². The van der Waals surface area contributed by atoms with Crippen LogP contribution in [0.2, 0.25) is 0 Å². The third-order valence-electron chi connectivity index (χ3n) is 5.27. The van der Waals surface area contributed by atoms with E-state index in [-0.39, 0.29) is 11.4 Å². The first-order chi connectivity index (χ1) is 17.9. The first-order valence-corrected chi connectivity index (χ1v) is 11.1. The van der Waals surface area contributed by atoms with Gasteiger partial charge in [0.2, 0.25) is 0 Å². The molecule has 11 heteroatoms. The summed E-state index contributed by atoms with van der Waals surface area (Å²) in [5.74, 6) is -0.0106. The first kappa shape index (κ1) is 24.8. The standard InChI is InChI=1S/C26H20N4O7/c1-2-36-25-14-17(16-27-28-22-12-11-19(29(32)33)15-23(22)30(34)35)10-13-24(25)37-26(31)21-9-5-7-18-6-3-4-8-20(18)21/h3-16,28H,2H2,1H3/b27-16-. The summed E-state index contributed by atoms with van der Waals surface area (Å²) in [5, 5.41) is 27.8. The molecule has 0 heterocycles. The van der Waals surface area contributed by atoms with Gasteiger partial charge in [-0.3, -0.25) is 25.7 Å². The third-order valence-corrected chi connectivity index (χ3v) is 5.27. The quantitative estimate of drug-likeness (QED) is 0.101. The van der Waals surface area contributed by atoms with Gasteiger partial charge < -0.3 is 9.47 Å². The highest BCUT2D eigenvalue weighted by atomic mass is 16.6. The van der Waals surface area contributed by atoms with Crippen LogP contribution in [0.4, 0.5) is 17.1 Å². The Balaban J connectivity index is 1.54. The van der Waals surface area contributed by atoms with Crippen LogP contribution in [0.25, 0.3) is 10.8 Å². The molecule has 0 saturated carbocycles. The number of hydrogen-bond donors (Lipinski definition) is 1. The highest BCUT2D eigenvalue weighted by Gasteiger charge is 2.19. The number of carbonyl (C=O) groups is 1. The molecule has 0 saturated heterocycles. The fraction of sp³-hybridized carbons (Fsp3) is 0.0769. The molecular weight excluding hydrogens is 480 g/mol. The van der Waals surface area contributed by atoms with Crippen LogP contribution in [0, 0.1) is 20.2 Å². The summed E-state index contributed by atoms with van der Waals surface area (Å²) in [4.78, 5) is 33.7. The predicted octanol–water partition coefficient (Wildman–Crippen LogP) is 5.72. The Kier molecular flexibility index (Phi) is 7.34. The van der Waals surface area contributed by atoms with Crippen molar-refractivity contribution in [3.63, 3.8) is 0 Å². The number of rotatable bonds is 9. The summed E-state index contributed by atoms with van der Waals surface area (Å²) >= 11 is 0. The minimum atomic E-state index is -0.739. The SMILES string of the molecule is CCOc1cc(/C=N\Nc2ccc([N+](=O)[O-])cc2[N+](=O)[O-])ccc1OC(=O)c1cccc2ccccc12. The van der Waals surface area contributed by atoms with E-state index in [2.05, 4.69) is 10.5 Å². The number of nitro benzene ring substituents is 2. The lowest BCUT2D eigenvalue weighted by Gasteiger charge is -2.12. The first-order valence-electron chi connectivity index (χ1n) is 11.1. The van der Waals surface area contributed by atoms with E-state index in [9.17, 15) is 25.0 Å². The third kappa shape index (κ3) is 5.68. The number of benzene rings is 4. The molecule has 1 N–H and O–H groups in total. The number of ether oxygens (including phenoxy) is 2. The second kappa shape index (κ2) is 11.0. The van der Waals surface area contributed by atoms with Crippen molar-refractivity contribution in [3.8, 4) is 11.5 Å². The molecule has 11 nitrogen and oxygen atoms in total. The van der Waals surface area contributed by atoms with E-state index in [1.807, 2.05) is 30.3 Å². The van der Waals surface area contributed by atoms with Crippen LogP contribution >= 0.6 is 0 Å². The zero-order valence-corrected chi connectivity index (χ0v) is 19.5. The average Bonchev–Trinajstić information content (AvgIpc) is 2.89. The van der Waals surface area contributed by atoms with Gasteiger partial charge in [0, 0.05) is 6.07 Å². The minimum absolute atomic E-state index is 0.0162. The number of carbonyl (C=O) groups excluding carboxylic acids is 1. The highest BCUT2D eigenvalue weighted by molar-refractivity contribution is 6.05. The molecule has 0 amide bonds. The zero-order valence-electron chi connectivity index (χ0n) is 19.5. The van der Waals surface area contributed by atoms with E-state index in [4.69, 9.17) is 9.47 Å². The van der Waals surface area contributed by atoms with E-state index < -0.39 is 27.2 Å². The molecule has 186 valence electrons. The van der Waals surface area contributed by atoms with E-state index in [0.29, 0.717) is 23.5 Å². The maximum Gasteiger partial charge on any atom is 0.344 e. The predicted molar refractivity (Wildman–Crippen MR) is 137 cm³/mol. The lowest BCUT2D eigenvalue weighted by atomic mass is 10.0. The smallest absolute Gasteiger partial charge is 0.344 e. The van der Waals surface area contributed by atoms with Crippen LogP contribution in [-0.2, 0) is 0 Å². The number of hydrazone groups is 1. The Labute approximate surface area is 210 Å². The molecule has 0 atom stereocenters. The van der Waals surface area contributed by atoms with Crippen LogP contribution in [0.3, 0.4) is 0 Å². The van der Waals surface area contributed by atoms with Crippen LogP contribution in [0.5, 0.6) is 11.5 Å². The van der Waals surface area contributed by atoms with Gasteiger partial charge in [0.05, 0.1) is 34.3 Å². The molecule has 0 unspecified atom stereocenters. The molecule has 0 spiro atoms. The Morgan fingerprint density at radius 2 is 1.73 bits per heavy atom. The van der Waals surface area contributed by atoms with Crippen molar-refractivity contribution in [1.82, 2.24) is 0 Å². The second-order valence-electron chi connectivity index (χ2n) is 7.64. The maximum atomic E-state index is 12.9. The van der Waals surface area contributed by atoms with Crippen LogP contribution in [0.15, 0.2) is 84.0 Å². The molecule has 0 aliphatic rings. The number of fused-ring (bicyclic) bond motifs is 1. The average molecular weight is 500 g/mol. The van der Waals surface area contributed by atoms with Crippen molar-refractivity contribution in [3.05, 3.63) is 110 Å². The second-order valence-corrected chi connectivity index (χ2v) is 7.64.